The van der Waals surface area contributed by atoms with E-state index in [2.05, 4.69) is 4.98 Å². The molecule has 1 saturated heterocycles. The highest BCUT2D eigenvalue weighted by Crippen LogP contribution is 2.33. The Morgan fingerprint density at radius 1 is 1.42 bits per heavy atom. The number of carboxylic acids is 1. The van der Waals surface area contributed by atoms with Gasteiger partial charge in [0.2, 0.25) is 0 Å². The van der Waals surface area contributed by atoms with Crippen LogP contribution in [0.1, 0.15) is 23.3 Å². The Kier molecular flexibility index (Phi) is 4.51. The molecule has 0 radical (unpaired) electrons. The molecular weight excluding hydrogens is 332 g/mol. The number of benzene rings is 1. The number of carboxylic acid groups (broad SMARTS) is 1. The quantitative estimate of drug-likeness (QED) is 0.888. The number of carbonyl (C=O) groups excluding carboxylic acids is 1. The number of piperidine rings is 1. The van der Waals surface area contributed by atoms with E-state index in [1.54, 1.807) is 4.90 Å². The van der Waals surface area contributed by atoms with Gasteiger partial charge in [-0.05, 0) is 18.9 Å². The fraction of sp³-hybridized carbons (Fsp3) is 0.412. The van der Waals surface area contributed by atoms with Crippen molar-refractivity contribution in [3.8, 4) is 0 Å². The largest absolute Gasteiger partial charge is 0.481 e. The predicted molar refractivity (Wildman–Crippen MR) is 90.4 cm³/mol. The average molecular weight is 351 g/mol. The number of amides is 1. The third-order valence-electron chi connectivity index (χ3n) is 4.59. The second-order valence-corrected chi connectivity index (χ2v) is 6.59. The molecule has 6 nitrogen and oxygen atoms in total. The molecule has 0 saturated carbocycles. The van der Waals surface area contributed by atoms with E-state index in [1.807, 2.05) is 24.3 Å². The minimum absolute atomic E-state index is 0.0759. The summed E-state index contributed by atoms with van der Waals surface area (Å²) in [5.41, 5.74) is 0.0157. The van der Waals surface area contributed by atoms with Crippen molar-refractivity contribution in [3.05, 3.63) is 35.0 Å². The molecule has 1 aliphatic heterocycles. The van der Waals surface area contributed by atoms with Crippen LogP contribution >= 0.6 is 11.6 Å². The Bertz CT molecular complexity index is 784. The molecule has 3 rings (SSSR count). The summed E-state index contributed by atoms with van der Waals surface area (Å²) in [4.78, 5) is 29.2. The molecule has 128 valence electrons. The van der Waals surface area contributed by atoms with Crippen molar-refractivity contribution >= 4 is 34.4 Å². The number of para-hydroxylation sites is 1. The average Bonchev–Trinajstić information content (AvgIpc) is 2.92. The number of hydrogen-bond donors (Lipinski definition) is 2. The zero-order valence-corrected chi connectivity index (χ0v) is 14.1. The summed E-state index contributed by atoms with van der Waals surface area (Å²) in [6, 6.07) is 7.40. The van der Waals surface area contributed by atoms with Crippen LogP contribution in [0.4, 0.5) is 0 Å². The molecule has 0 bridgehead atoms. The van der Waals surface area contributed by atoms with Gasteiger partial charge in [0, 0.05) is 31.1 Å². The zero-order valence-electron chi connectivity index (χ0n) is 13.3. The van der Waals surface area contributed by atoms with Crippen molar-refractivity contribution in [2.24, 2.45) is 5.41 Å². The van der Waals surface area contributed by atoms with Gasteiger partial charge in [-0.15, -0.1) is 0 Å². The molecule has 1 amide bonds. The number of H-pyrrole nitrogens is 1. The van der Waals surface area contributed by atoms with E-state index < -0.39 is 11.4 Å². The van der Waals surface area contributed by atoms with E-state index in [0.717, 1.165) is 10.9 Å². The Morgan fingerprint density at radius 2 is 2.17 bits per heavy atom. The first-order valence-corrected chi connectivity index (χ1v) is 8.14. The van der Waals surface area contributed by atoms with Gasteiger partial charge in [-0.3, -0.25) is 9.59 Å². The Morgan fingerprint density at radius 3 is 2.83 bits per heavy atom. The lowest BCUT2D eigenvalue weighted by atomic mass is 9.80. The van der Waals surface area contributed by atoms with Gasteiger partial charge in [-0.25, -0.2) is 0 Å². The van der Waals surface area contributed by atoms with Gasteiger partial charge in [0.15, 0.2) is 0 Å². The monoisotopic (exact) mass is 350 g/mol. The maximum absolute atomic E-state index is 12.9. The molecule has 0 spiro atoms. The lowest BCUT2D eigenvalue weighted by Gasteiger charge is -2.39. The van der Waals surface area contributed by atoms with Gasteiger partial charge in [-0.1, -0.05) is 29.8 Å². The molecule has 2 heterocycles. The predicted octanol–water partition coefficient (Wildman–Crippen LogP) is 2.77. The molecule has 1 aromatic heterocycles. The van der Waals surface area contributed by atoms with Crippen molar-refractivity contribution in [2.45, 2.75) is 12.8 Å². The summed E-state index contributed by atoms with van der Waals surface area (Å²) in [7, 11) is 1.47. The SMILES string of the molecule is COCC1(C(=O)O)CCCN(C(=O)c2[nH]c3ccccc3c2Cl)C1. The number of likely N-dealkylation sites (tertiary alicyclic amines) is 1. The number of nitrogens with zero attached hydrogens (tertiary/aromatic N) is 1. The zero-order chi connectivity index (χ0) is 17.3. The highest BCUT2D eigenvalue weighted by Gasteiger charge is 2.44. The fourth-order valence-corrected chi connectivity index (χ4v) is 3.64. The standard InChI is InChI=1S/C17H19ClN2O4/c1-24-10-17(16(22)23)7-4-8-20(9-17)15(21)14-13(18)11-5-2-3-6-12(11)19-14/h2-3,5-6,19H,4,7-10H2,1H3,(H,22,23). The van der Waals surface area contributed by atoms with Gasteiger partial charge in [0.05, 0.1) is 11.6 Å². The number of aromatic nitrogens is 1. The summed E-state index contributed by atoms with van der Waals surface area (Å²) in [6.45, 7) is 0.691. The van der Waals surface area contributed by atoms with Crippen LogP contribution in [-0.2, 0) is 9.53 Å². The van der Waals surface area contributed by atoms with Crippen molar-refractivity contribution in [1.29, 1.82) is 0 Å². The van der Waals surface area contributed by atoms with Crippen LogP contribution < -0.4 is 0 Å². The summed E-state index contributed by atoms with van der Waals surface area (Å²) >= 11 is 6.35. The van der Waals surface area contributed by atoms with Crippen LogP contribution in [0, 0.1) is 5.41 Å². The summed E-state index contributed by atoms with van der Waals surface area (Å²) in [5.74, 6) is -1.22. The summed E-state index contributed by atoms with van der Waals surface area (Å²) in [5, 5.41) is 10.8. The van der Waals surface area contributed by atoms with E-state index in [4.69, 9.17) is 16.3 Å². The van der Waals surface area contributed by atoms with E-state index in [9.17, 15) is 14.7 Å². The highest BCUT2D eigenvalue weighted by molar-refractivity contribution is 6.38. The van der Waals surface area contributed by atoms with Gasteiger partial charge in [0.25, 0.3) is 5.91 Å². The molecule has 1 atom stereocenters. The van der Waals surface area contributed by atoms with Crippen LogP contribution in [0.5, 0.6) is 0 Å². The lowest BCUT2D eigenvalue weighted by molar-refractivity contribution is -0.155. The first-order chi connectivity index (χ1) is 11.5. The van der Waals surface area contributed by atoms with E-state index in [1.165, 1.54) is 7.11 Å². The number of methoxy groups -OCH3 is 1. The second kappa shape index (κ2) is 6.45. The number of carbonyl (C=O) groups is 2. The minimum Gasteiger partial charge on any atom is -0.481 e. The third-order valence-corrected chi connectivity index (χ3v) is 4.99. The molecule has 0 aliphatic carbocycles. The van der Waals surface area contributed by atoms with Crippen LogP contribution in [0.15, 0.2) is 24.3 Å². The van der Waals surface area contributed by atoms with E-state index >= 15 is 0 Å². The normalized spacial score (nSPS) is 21.2. The van der Waals surface area contributed by atoms with E-state index in [-0.39, 0.29) is 19.1 Å². The highest BCUT2D eigenvalue weighted by atomic mass is 35.5. The lowest BCUT2D eigenvalue weighted by Crippen LogP contribution is -2.52. The number of aromatic amines is 1. The maximum Gasteiger partial charge on any atom is 0.313 e. The van der Waals surface area contributed by atoms with Crippen LogP contribution in [-0.4, -0.2) is 53.7 Å². The molecular formula is C17H19ClN2O4. The maximum atomic E-state index is 12.9. The minimum atomic E-state index is -1.07. The van der Waals surface area contributed by atoms with Gasteiger partial charge >= 0.3 is 5.97 Å². The summed E-state index contributed by atoms with van der Waals surface area (Å²) < 4.78 is 5.10. The Balaban J connectivity index is 1.91. The molecule has 24 heavy (non-hydrogen) atoms. The number of aliphatic carboxylic acids is 1. The first-order valence-electron chi connectivity index (χ1n) is 7.76. The number of rotatable bonds is 4. The van der Waals surface area contributed by atoms with Crippen LogP contribution in [0.2, 0.25) is 5.02 Å². The van der Waals surface area contributed by atoms with Gasteiger partial charge in [0.1, 0.15) is 11.1 Å². The number of halogens is 1. The molecule has 1 aliphatic rings. The summed E-state index contributed by atoms with van der Waals surface area (Å²) in [6.07, 6.45) is 1.10. The van der Waals surface area contributed by atoms with Crippen molar-refractivity contribution in [1.82, 2.24) is 9.88 Å². The Hall–Kier alpha value is -2.05. The molecule has 2 aromatic rings. The smallest absolute Gasteiger partial charge is 0.313 e. The fourth-order valence-electron chi connectivity index (χ4n) is 3.35. The van der Waals surface area contributed by atoms with Gasteiger partial charge < -0.3 is 19.7 Å². The van der Waals surface area contributed by atoms with Gasteiger partial charge in [-0.2, -0.15) is 0 Å². The first kappa shape index (κ1) is 16.8. The van der Waals surface area contributed by atoms with Crippen molar-refractivity contribution in [2.75, 3.05) is 26.8 Å². The van der Waals surface area contributed by atoms with Crippen molar-refractivity contribution < 1.29 is 19.4 Å². The molecule has 1 fully saturated rings. The molecule has 1 aromatic carbocycles. The number of nitrogens with one attached hydrogen (secondary N) is 1. The number of ether oxygens (including phenoxy) is 1. The second-order valence-electron chi connectivity index (χ2n) is 6.21. The van der Waals surface area contributed by atoms with Crippen LogP contribution in [0.25, 0.3) is 10.9 Å². The number of fused-ring (bicyclic) bond motifs is 1. The van der Waals surface area contributed by atoms with E-state index in [0.29, 0.717) is 30.1 Å². The third kappa shape index (κ3) is 2.76. The molecule has 2 N–H and O–H groups in total. The van der Waals surface area contributed by atoms with Crippen molar-refractivity contribution in [3.63, 3.8) is 0 Å². The molecule has 1 unspecified atom stereocenters. The molecule has 7 heteroatoms. The Labute approximate surface area is 144 Å². The number of hydrogen-bond acceptors (Lipinski definition) is 3. The topological polar surface area (TPSA) is 82.6 Å². The van der Waals surface area contributed by atoms with Crippen LogP contribution in [0.3, 0.4) is 0 Å².